The molecule has 0 spiro atoms. The molecule has 1 aliphatic rings. The number of hydrazone groups is 1. The van der Waals surface area contributed by atoms with Crippen LogP contribution >= 0.6 is 11.6 Å². The first-order valence-corrected chi connectivity index (χ1v) is 11.4. The Balaban J connectivity index is 1.61. The molecule has 9 heteroatoms. The summed E-state index contributed by atoms with van der Waals surface area (Å²) in [5.41, 5.74) is 2.79. The van der Waals surface area contributed by atoms with Crippen molar-refractivity contribution in [2.45, 2.75) is 10.8 Å². The third-order valence-corrected chi connectivity index (χ3v) is 6.38. The molecule has 3 aromatic rings. The van der Waals surface area contributed by atoms with Gasteiger partial charge in [0.05, 0.1) is 23.1 Å². The zero-order valence-electron chi connectivity index (χ0n) is 16.7. The Morgan fingerprint density at radius 1 is 1.10 bits per heavy atom. The molecule has 0 aliphatic carbocycles. The predicted molar refractivity (Wildman–Crippen MR) is 122 cm³/mol. The van der Waals surface area contributed by atoms with Gasteiger partial charge in [0.2, 0.25) is 0 Å². The third kappa shape index (κ3) is 4.76. The summed E-state index contributed by atoms with van der Waals surface area (Å²) in [6.45, 7) is 0.511. The van der Waals surface area contributed by atoms with Gasteiger partial charge in [-0.1, -0.05) is 48.0 Å². The summed E-state index contributed by atoms with van der Waals surface area (Å²) in [5.74, 6) is -0.0449. The van der Waals surface area contributed by atoms with Crippen LogP contribution in [0.2, 0.25) is 5.02 Å². The molecule has 2 heterocycles. The van der Waals surface area contributed by atoms with Crippen LogP contribution < -0.4 is 0 Å². The first-order chi connectivity index (χ1) is 14.9. The number of nitrogens with zero attached hydrogens (tertiary/aromatic N) is 5. The van der Waals surface area contributed by atoms with Gasteiger partial charge < -0.3 is 0 Å². The second-order valence-electron chi connectivity index (χ2n) is 6.97. The molecule has 0 bridgehead atoms. The number of aromatic nitrogens is 1. The summed E-state index contributed by atoms with van der Waals surface area (Å²) in [7, 11) is -2.09. The minimum atomic E-state index is -3.79. The lowest BCUT2D eigenvalue weighted by molar-refractivity contribution is 0.0920. The van der Waals surface area contributed by atoms with Gasteiger partial charge in [0.25, 0.3) is 10.0 Å². The van der Waals surface area contributed by atoms with E-state index < -0.39 is 10.0 Å². The molecule has 1 aromatic heterocycles. The van der Waals surface area contributed by atoms with Crippen LogP contribution in [0, 0.1) is 0 Å². The van der Waals surface area contributed by atoms with Gasteiger partial charge in [-0.3, -0.25) is 9.99 Å². The fourth-order valence-electron chi connectivity index (χ4n) is 3.25. The van der Waals surface area contributed by atoms with Gasteiger partial charge in [-0.05, 0) is 41.5 Å². The van der Waals surface area contributed by atoms with E-state index in [1.807, 2.05) is 42.6 Å². The molecule has 0 fully saturated rings. The highest BCUT2D eigenvalue weighted by Gasteiger charge is 2.31. The first-order valence-electron chi connectivity index (χ1n) is 9.54. The highest BCUT2D eigenvalue weighted by atomic mass is 35.5. The van der Waals surface area contributed by atoms with Crippen molar-refractivity contribution in [3.8, 4) is 0 Å². The number of halogens is 1. The van der Waals surface area contributed by atoms with E-state index in [1.165, 1.54) is 18.5 Å². The van der Waals surface area contributed by atoms with Crippen LogP contribution in [0.15, 0.2) is 93.5 Å². The topological polar surface area (TPSA) is 78.2 Å². The molecular formula is C22H20ClN5O2S. The average Bonchev–Trinajstić information content (AvgIpc) is 3.25. The highest BCUT2D eigenvalue weighted by Crippen LogP contribution is 2.29. The summed E-state index contributed by atoms with van der Waals surface area (Å²) < 4.78 is 28.7. The van der Waals surface area contributed by atoms with Crippen molar-refractivity contribution in [3.05, 3.63) is 95.3 Å². The molecule has 0 saturated heterocycles. The van der Waals surface area contributed by atoms with Gasteiger partial charge in [0.1, 0.15) is 6.34 Å². The number of sulfonamides is 1. The van der Waals surface area contributed by atoms with E-state index in [2.05, 4.69) is 9.38 Å². The average molecular weight is 454 g/mol. The number of hydrazine groups is 1. The lowest BCUT2D eigenvalue weighted by Gasteiger charge is -2.24. The van der Waals surface area contributed by atoms with Gasteiger partial charge in [0, 0.05) is 24.5 Å². The molecule has 0 radical (unpaired) electrons. The normalized spacial score (nSPS) is 16.5. The first kappa shape index (κ1) is 21.0. The monoisotopic (exact) mass is 453 g/mol. The predicted octanol–water partition coefficient (Wildman–Crippen LogP) is 3.80. The zero-order chi connectivity index (χ0) is 21.8. The van der Waals surface area contributed by atoms with E-state index in [9.17, 15) is 8.42 Å². The van der Waals surface area contributed by atoms with E-state index in [0.717, 1.165) is 16.8 Å². The Morgan fingerprint density at radius 3 is 2.52 bits per heavy atom. The lowest BCUT2D eigenvalue weighted by Crippen LogP contribution is -2.34. The second kappa shape index (κ2) is 8.87. The highest BCUT2D eigenvalue weighted by molar-refractivity contribution is 7.90. The van der Waals surface area contributed by atoms with Crippen LogP contribution in [-0.2, 0) is 10.0 Å². The van der Waals surface area contributed by atoms with E-state index in [0.29, 0.717) is 11.6 Å². The van der Waals surface area contributed by atoms with Crippen LogP contribution in [0.3, 0.4) is 0 Å². The molecule has 0 amide bonds. The molecule has 7 nitrogen and oxygen atoms in total. The fraction of sp³-hybridized carbons (Fsp3) is 0.136. The van der Waals surface area contributed by atoms with Gasteiger partial charge in [0.15, 0.2) is 0 Å². The van der Waals surface area contributed by atoms with Crippen molar-refractivity contribution in [3.63, 3.8) is 0 Å². The molecule has 1 unspecified atom stereocenters. The number of rotatable bonds is 6. The van der Waals surface area contributed by atoms with Crippen molar-refractivity contribution in [2.24, 2.45) is 9.50 Å². The lowest BCUT2D eigenvalue weighted by atomic mass is 9.92. The summed E-state index contributed by atoms with van der Waals surface area (Å²) in [6, 6.07) is 19.5. The van der Waals surface area contributed by atoms with Gasteiger partial charge >= 0.3 is 0 Å². The molecule has 31 heavy (non-hydrogen) atoms. The minimum Gasteiger partial charge on any atom is -0.264 e. The second-order valence-corrected chi connectivity index (χ2v) is 9.04. The maximum Gasteiger partial charge on any atom is 0.283 e. The Kier molecular flexibility index (Phi) is 6.01. The van der Waals surface area contributed by atoms with Crippen molar-refractivity contribution < 1.29 is 8.42 Å². The number of hydrogen-bond donors (Lipinski definition) is 0. The maximum absolute atomic E-state index is 12.5. The van der Waals surface area contributed by atoms with Crippen LogP contribution in [0.4, 0.5) is 0 Å². The van der Waals surface area contributed by atoms with E-state index >= 15 is 0 Å². The SMILES string of the molecule is CN(C=NS(=O)(=O)c1ccccc1)N1CC(c2cccnc2)C(c2ccc(Cl)cc2)=N1. The smallest absolute Gasteiger partial charge is 0.264 e. The molecule has 4 rings (SSSR count). The van der Waals surface area contributed by atoms with E-state index in [4.69, 9.17) is 16.7 Å². The maximum atomic E-state index is 12.5. The van der Waals surface area contributed by atoms with Crippen molar-refractivity contribution in [1.29, 1.82) is 0 Å². The molecule has 1 atom stereocenters. The Bertz CT molecular complexity index is 1200. The Morgan fingerprint density at radius 2 is 1.84 bits per heavy atom. The largest absolute Gasteiger partial charge is 0.283 e. The summed E-state index contributed by atoms with van der Waals surface area (Å²) in [5, 5.41) is 8.63. The van der Waals surface area contributed by atoms with Crippen molar-refractivity contribution in [2.75, 3.05) is 13.6 Å². The number of benzene rings is 2. The molecule has 0 saturated carbocycles. The summed E-state index contributed by atoms with van der Waals surface area (Å²) in [4.78, 5) is 4.37. The van der Waals surface area contributed by atoms with Crippen LogP contribution in [0.1, 0.15) is 17.0 Å². The van der Waals surface area contributed by atoms with Crippen molar-refractivity contribution >= 4 is 33.7 Å². The molecule has 2 aromatic carbocycles. The standard InChI is InChI=1S/C22H20ClN5O2S/c1-27(16-25-31(29,30)20-7-3-2-4-8-20)28-15-21(18-6-5-13-24-14-18)22(26-28)17-9-11-19(23)12-10-17/h2-14,16,21H,15H2,1H3. The summed E-state index contributed by atoms with van der Waals surface area (Å²) >= 11 is 6.04. The van der Waals surface area contributed by atoms with Crippen LogP contribution in [0.25, 0.3) is 0 Å². The quantitative estimate of drug-likeness (QED) is 0.419. The van der Waals surface area contributed by atoms with E-state index in [1.54, 1.807) is 41.6 Å². The molecule has 0 N–H and O–H groups in total. The number of hydrogen-bond acceptors (Lipinski definition) is 5. The summed E-state index contributed by atoms with van der Waals surface area (Å²) in [6.07, 6.45) is 4.80. The molecule has 1 aliphatic heterocycles. The van der Waals surface area contributed by atoms with Crippen LogP contribution in [-0.4, -0.2) is 49.2 Å². The molecular weight excluding hydrogens is 434 g/mol. The van der Waals surface area contributed by atoms with Gasteiger partial charge in [-0.25, -0.2) is 5.12 Å². The number of pyridine rings is 1. The Labute approximate surface area is 186 Å². The Hall–Kier alpha value is -3.23. The zero-order valence-corrected chi connectivity index (χ0v) is 18.3. The van der Waals surface area contributed by atoms with Gasteiger partial charge in [-0.2, -0.15) is 13.5 Å². The van der Waals surface area contributed by atoms with E-state index in [-0.39, 0.29) is 10.8 Å². The minimum absolute atomic E-state index is 0.0449. The van der Waals surface area contributed by atoms with Gasteiger partial charge in [-0.15, -0.1) is 4.40 Å². The third-order valence-electron chi connectivity index (χ3n) is 4.88. The van der Waals surface area contributed by atoms with Crippen LogP contribution in [0.5, 0.6) is 0 Å². The fourth-order valence-corrected chi connectivity index (χ4v) is 4.26. The molecule has 158 valence electrons. The van der Waals surface area contributed by atoms with Crippen molar-refractivity contribution in [1.82, 2.24) is 15.1 Å².